The summed E-state index contributed by atoms with van der Waals surface area (Å²) in [7, 11) is 0. The lowest BCUT2D eigenvalue weighted by molar-refractivity contribution is -0.137. The molecule has 0 radical (unpaired) electrons. The van der Waals surface area contributed by atoms with Gasteiger partial charge in [-0.25, -0.2) is 4.79 Å². The number of rotatable bonds is 13. The Hall–Kier alpha value is -2.30. The second-order valence-corrected chi connectivity index (χ2v) is 5.03. The third-order valence-corrected chi connectivity index (χ3v) is 3.23. The second-order valence-electron chi connectivity index (χ2n) is 5.03. The van der Waals surface area contributed by atoms with Crippen molar-refractivity contribution in [2.75, 3.05) is 13.2 Å². The van der Waals surface area contributed by atoms with Crippen molar-refractivity contribution in [1.82, 2.24) is 0 Å². The van der Waals surface area contributed by atoms with Crippen molar-refractivity contribution in [1.29, 1.82) is 0 Å². The highest BCUT2D eigenvalue weighted by Gasteiger charge is 1.98. The van der Waals surface area contributed by atoms with E-state index < -0.39 is 0 Å². The van der Waals surface area contributed by atoms with Gasteiger partial charge in [-0.3, -0.25) is 4.79 Å². The minimum atomic E-state index is -0.354. The van der Waals surface area contributed by atoms with Gasteiger partial charge in [-0.1, -0.05) is 32.3 Å². The smallest absolute Gasteiger partial charge is 0.330 e. The maximum atomic E-state index is 10.8. The standard InChI is InChI=1S/C18H24O5/c1-2-18(20)22-14-8-6-4-3-5-7-13-21-16-9-11-17(12-10-16)23-15-19/h2,9-12,15H,1,3-8,13-14H2. The van der Waals surface area contributed by atoms with Crippen LogP contribution in [0.5, 0.6) is 11.5 Å². The highest BCUT2D eigenvalue weighted by Crippen LogP contribution is 2.17. The molecule has 0 aliphatic carbocycles. The molecule has 0 bridgehead atoms. The lowest BCUT2D eigenvalue weighted by Crippen LogP contribution is -2.01. The van der Waals surface area contributed by atoms with Crippen LogP contribution in [0.3, 0.4) is 0 Å². The first-order valence-corrected chi connectivity index (χ1v) is 7.88. The molecular formula is C18H24O5. The molecule has 0 N–H and O–H groups in total. The summed E-state index contributed by atoms with van der Waals surface area (Å²) in [5, 5.41) is 0. The van der Waals surface area contributed by atoms with Crippen molar-refractivity contribution in [2.45, 2.75) is 38.5 Å². The molecule has 0 saturated heterocycles. The van der Waals surface area contributed by atoms with Gasteiger partial charge in [-0.15, -0.1) is 0 Å². The zero-order chi connectivity index (χ0) is 16.8. The molecule has 0 amide bonds. The molecule has 5 nitrogen and oxygen atoms in total. The van der Waals surface area contributed by atoms with Gasteiger partial charge in [0.15, 0.2) is 0 Å². The molecule has 1 rings (SSSR count). The maximum Gasteiger partial charge on any atom is 0.330 e. The Morgan fingerprint density at radius 2 is 1.48 bits per heavy atom. The molecule has 0 aromatic heterocycles. The van der Waals surface area contributed by atoms with Crippen molar-refractivity contribution in [3.05, 3.63) is 36.9 Å². The highest BCUT2D eigenvalue weighted by molar-refractivity contribution is 5.81. The van der Waals surface area contributed by atoms with Crippen LogP contribution in [0.25, 0.3) is 0 Å². The summed E-state index contributed by atoms with van der Waals surface area (Å²) in [6, 6.07) is 6.96. The number of hydrogen-bond donors (Lipinski definition) is 0. The number of carbonyl (C=O) groups excluding carboxylic acids is 2. The Bertz CT molecular complexity index is 467. The minimum absolute atomic E-state index is 0.354. The van der Waals surface area contributed by atoms with Crippen LogP contribution in [0.4, 0.5) is 0 Å². The Labute approximate surface area is 137 Å². The summed E-state index contributed by atoms with van der Waals surface area (Å²) < 4.78 is 15.2. The predicted octanol–water partition coefficient (Wildman–Crippen LogP) is 3.67. The number of unbranched alkanes of at least 4 members (excludes halogenated alkanes) is 5. The third kappa shape index (κ3) is 9.34. The summed E-state index contributed by atoms with van der Waals surface area (Å²) >= 11 is 0. The first kappa shape index (κ1) is 18.7. The number of esters is 1. The van der Waals surface area contributed by atoms with Crippen molar-refractivity contribution in [2.24, 2.45) is 0 Å². The van der Waals surface area contributed by atoms with Crippen LogP contribution in [-0.2, 0) is 14.3 Å². The third-order valence-electron chi connectivity index (χ3n) is 3.23. The fourth-order valence-corrected chi connectivity index (χ4v) is 2.00. The summed E-state index contributed by atoms with van der Waals surface area (Å²) in [5.74, 6) is 0.923. The first-order valence-electron chi connectivity index (χ1n) is 7.88. The van der Waals surface area contributed by atoms with E-state index in [1.807, 2.05) is 0 Å². The van der Waals surface area contributed by atoms with Crippen LogP contribution in [0.1, 0.15) is 38.5 Å². The Morgan fingerprint density at radius 3 is 2.09 bits per heavy atom. The SMILES string of the molecule is C=CC(=O)OCCCCCCCCOc1ccc(OC=O)cc1. The van der Waals surface area contributed by atoms with Gasteiger partial charge < -0.3 is 14.2 Å². The van der Waals surface area contributed by atoms with Crippen LogP contribution >= 0.6 is 0 Å². The zero-order valence-electron chi connectivity index (χ0n) is 13.4. The summed E-state index contributed by atoms with van der Waals surface area (Å²) in [4.78, 5) is 21.0. The lowest BCUT2D eigenvalue weighted by atomic mass is 10.1. The van der Waals surface area contributed by atoms with Crippen LogP contribution < -0.4 is 9.47 Å². The van der Waals surface area contributed by atoms with E-state index in [0.717, 1.165) is 44.3 Å². The molecule has 126 valence electrons. The van der Waals surface area contributed by atoms with Crippen LogP contribution in [0.2, 0.25) is 0 Å². The fraction of sp³-hybridized carbons (Fsp3) is 0.444. The van der Waals surface area contributed by atoms with Crippen LogP contribution in [-0.4, -0.2) is 25.7 Å². The number of benzene rings is 1. The molecule has 0 aliphatic rings. The normalized spacial score (nSPS) is 9.91. The van der Waals surface area contributed by atoms with Gasteiger partial charge in [0.25, 0.3) is 6.47 Å². The quantitative estimate of drug-likeness (QED) is 0.240. The lowest BCUT2D eigenvalue weighted by Gasteiger charge is -2.07. The molecule has 0 unspecified atom stereocenters. The van der Waals surface area contributed by atoms with Crippen molar-refractivity contribution < 1.29 is 23.8 Å². The molecule has 23 heavy (non-hydrogen) atoms. The zero-order valence-corrected chi connectivity index (χ0v) is 13.4. The van der Waals surface area contributed by atoms with Gasteiger partial charge in [0.2, 0.25) is 0 Å². The summed E-state index contributed by atoms with van der Waals surface area (Å²) in [6.07, 6.45) is 7.52. The van der Waals surface area contributed by atoms with E-state index >= 15 is 0 Å². The number of ether oxygens (including phenoxy) is 3. The first-order chi connectivity index (χ1) is 11.3. The molecular weight excluding hydrogens is 296 g/mol. The van der Waals surface area contributed by atoms with Gasteiger partial charge in [-0.2, -0.15) is 0 Å². The van der Waals surface area contributed by atoms with E-state index in [9.17, 15) is 9.59 Å². The highest BCUT2D eigenvalue weighted by atomic mass is 16.5. The fourth-order valence-electron chi connectivity index (χ4n) is 2.00. The van der Waals surface area contributed by atoms with E-state index in [0.29, 0.717) is 25.4 Å². The molecule has 0 spiro atoms. The second kappa shape index (κ2) is 12.3. The average Bonchev–Trinajstić information content (AvgIpc) is 2.58. The molecule has 1 aromatic rings. The Balaban J connectivity index is 1.94. The maximum absolute atomic E-state index is 10.8. The largest absolute Gasteiger partial charge is 0.494 e. The molecule has 0 fully saturated rings. The van der Waals surface area contributed by atoms with E-state index in [4.69, 9.17) is 14.2 Å². The molecule has 0 aliphatic heterocycles. The van der Waals surface area contributed by atoms with Gasteiger partial charge in [-0.05, 0) is 37.1 Å². The summed E-state index contributed by atoms with van der Waals surface area (Å²) in [6.45, 7) is 4.89. The Morgan fingerprint density at radius 1 is 0.913 bits per heavy atom. The van der Waals surface area contributed by atoms with Crippen molar-refractivity contribution in [3.63, 3.8) is 0 Å². The van der Waals surface area contributed by atoms with Crippen molar-refractivity contribution in [3.8, 4) is 11.5 Å². The van der Waals surface area contributed by atoms with E-state index in [2.05, 4.69) is 6.58 Å². The topological polar surface area (TPSA) is 61.8 Å². The minimum Gasteiger partial charge on any atom is -0.494 e. The van der Waals surface area contributed by atoms with Gasteiger partial charge >= 0.3 is 5.97 Å². The summed E-state index contributed by atoms with van der Waals surface area (Å²) in [5.41, 5.74) is 0. The number of carbonyl (C=O) groups is 2. The van der Waals surface area contributed by atoms with E-state index in [-0.39, 0.29) is 5.97 Å². The number of hydrogen-bond acceptors (Lipinski definition) is 5. The van der Waals surface area contributed by atoms with E-state index in [1.54, 1.807) is 24.3 Å². The molecule has 0 saturated carbocycles. The van der Waals surface area contributed by atoms with Gasteiger partial charge in [0, 0.05) is 6.08 Å². The monoisotopic (exact) mass is 320 g/mol. The van der Waals surface area contributed by atoms with Crippen LogP contribution in [0, 0.1) is 0 Å². The molecule has 1 aromatic carbocycles. The predicted molar refractivity (Wildman–Crippen MR) is 87.5 cm³/mol. The molecule has 0 atom stereocenters. The van der Waals surface area contributed by atoms with E-state index in [1.165, 1.54) is 6.08 Å². The molecule has 0 heterocycles. The van der Waals surface area contributed by atoms with Crippen molar-refractivity contribution >= 4 is 12.4 Å². The molecule has 5 heteroatoms. The Kier molecular flexibility index (Phi) is 10.00. The van der Waals surface area contributed by atoms with Crippen LogP contribution in [0.15, 0.2) is 36.9 Å². The van der Waals surface area contributed by atoms with Gasteiger partial charge in [0.1, 0.15) is 11.5 Å². The average molecular weight is 320 g/mol. The van der Waals surface area contributed by atoms with Gasteiger partial charge in [0.05, 0.1) is 13.2 Å².